The van der Waals surface area contributed by atoms with Gasteiger partial charge in [-0.3, -0.25) is 76.8 Å². The maximum Gasteiger partial charge on any atom is 0.305 e. The van der Waals surface area contributed by atoms with Crippen LogP contribution in [0.25, 0.3) is 0 Å². The molecule has 0 radical (unpaired) electrons. The van der Waals surface area contributed by atoms with Gasteiger partial charge in [0.15, 0.2) is 10.8 Å². The van der Waals surface area contributed by atoms with Crippen molar-refractivity contribution in [2.24, 2.45) is 40.9 Å². The van der Waals surface area contributed by atoms with Gasteiger partial charge in [-0.15, -0.1) is 11.3 Å². The van der Waals surface area contributed by atoms with Gasteiger partial charge < -0.3 is 80.2 Å². The normalized spacial score (nSPS) is 20.8. The number of carbonyl (C=O) groups excluding carboxylic acids is 13. The average Bonchev–Trinajstić information content (AvgIpc) is 1.22. The van der Waals surface area contributed by atoms with Crippen LogP contribution >= 0.6 is 11.3 Å². The first kappa shape index (κ1) is 81.9. The van der Waals surface area contributed by atoms with Crippen molar-refractivity contribution in [3.8, 4) is 0 Å². The summed E-state index contributed by atoms with van der Waals surface area (Å²) in [4.78, 5) is 226. The minimum atomic E-state index is -2.34. The third-order valence-electron chi connectivity index (χ3n) is 16.5. The van der Waals surface area contributed by atoms with E-state index in [1.165, 1.54) is 24.8 Å². The molecule has 1 aliphatic heterocycles. The summed E-state index contributed by atoms with van der Waals surface area (Å²) < 4.78 is 0. The summed E-state index contributed by atoms with van der Waals surface area (Å²) in [7, 11) is 0. The Morgan fingerprint density at radius 1 is 0.646 bits per heavy atom. The lowest BCUT2D eigenvalue weighted by Crippen LogP contribution is -2.65. The van der Waals surface area contributed by atoms with Crippen LogP contribution in [0.3, 0.4) is 0 Å². The molecule has 0 unspecified atom stereocenters. The third kappa shape index (κ3) is 25.7. The van der Waals surface area contributed by atoms with Crippen LogP contribution in [-0.2, 0) is 75.2 Å². The van der Waals surface area contributed by atoms with Crippen molar-refractivity contribution in [1.82, 2.24) is 67.7 Å². The number of nitrogens with one attached hydrogen (secondary N) is 10. The Labute approximate surface area is 577 Å². The van der Waals surface area contributed by atoms with Crippen LogP contribution < -0.4 is 65.1 Å². The molecule has 1 aliphatic rings. The molecule has 0 saturated carbocycles. The standard InChI is InChI=1S/C65H96N16O17S/c1-9-35(7)52(80-55(89)40(21-22-49(83)84)71-56(90)41(25-33(3)4)73-60(94)46-31-99-63(78-46)53(87)36(8)10-2)65(98)81-47(20-14-15-23-66)61(95)72-39(19-16-24-67)54(88)79-51(34(5)6)62(96)76-42(26-37-17-12-11-13-18-37)57(91)74-43(27-38-30-69-32-70-38)58(92)75-44(29-50(85)86)59(93)77-45(64(81)97)28-48(68)82/h11-13,17-18,30-36,39-45,47,51-52H,9-10,14-16,19-29,66-67H2,1-8H3,(H2,68,82)(H,69,70)(H,71,90)(H,72,95)(H,73,94)(H,74,91)(H,75,92)(H,76,96)(H,77,93)(H,79,88)(H,80,89)(H,83,84)(H,85,86)/t35-,36-,39+,40+,41-,42+,43-,44+,45-,47-,51-,52-/m0/s1. The molecule has 0 spiro atoms. The number of aromatic nitrogens is 3. The molecule has 3 heterocycles. The fourth-order valence-electron chi connectivity index (χ4n) is 10.6. The smallest absolute Gasteiger partial charge is 0.305 e. The number of imide groups is 1. The van der Waals surface area contributed by atoms with Crippen molar-refractivity contribution in [2.75, 3.05) is 13.1 Å². The van der Waals surface area contributed by atoms with Crippen molar-refractivity contribution >= 4 is 99.9 Å². The highest BCUT2D eigenvalue weighted by Gasteiger charge is 2.46. The van der Waals surface area contributed by atoms with Gasteiger partial charge in [0, 0.05) is 42.5 Å². The predicted molar refractivity (Wildman–Crippen MR) is 359 cm³/mol. The largest absolute Gasteiger partial charge is 0.481 e. The van der Waals surface area contributed by atoms with E-state index in [9.17, 15) is 67.7 Å². The lowest BCUT2D eigenvalue weighted by molar-refractivity contribution is -0.157. The number of hydrogen-bond donors (Lipinski definition) is 15. The first-order valence-corrected chi connectivity index (χ1v) is 34.0. The van der Waals surface area contributed by atoms with Crippen molar-refractivity contribution in [2.45, 2.75) is 206 Å². The number of carboxylic acid groups (broad SMARTS) is 2. The number of benzene rings is 1. The molecule has 34 heteroatoms. The number of nitrogens with two attached hydrogens (primary N) is 3. The molecule has 12 atom stereocenters. The van der Waals surface area contributed by atoms with Gasteiger partial charge in [0.05, 0.1) is 19.2 Å². The number of H-pyrrole nitrogens is 1. The third-order valence-corrected chi connectivity index (χ3v) is 17.4. The molecule has 0 aliphatic carbocycles. The van der Waals surface area contributed by atoms with Gasteiger partial charge in [0.1, 0.15) is 66.1 Å². The van der Waals surface area contributed by atoms with Crippen molar-refractivity contribution in [3.05, 3.63) is 70.2 Å². The Morgan fingerprint density at radius 3 is 1.82 bits per heavy atom. The number of aromatic amines is 1. The Hall–Kier alpha value is -9.57. The van der Waals surface area contributed by atoms with E-state index in [0.29, 0.717) is 16.9 Å². The molecule has 1 saturated heterocycles. The number of thiazole rings is 1. The summed E-state index contributed by atoms with van der Waals surface area (Å²) in [6.07, 6.45) is -2.14. The minimum absolute atomic E-state index is 0.0164. The lowest BCUT2D eigenvalue weighted by Gasteiger charge is -2.37. The van der Waals surface area contributed by atoms with Crippen molar-refractivity contribution in [3.63, 3.8) is 0 Å². The number of carboxylic acids is 2. The summed E-state index contributed by atoms with van der Waals surface area (Å²) in [6.45, 7) is 13.0. The van der Waals surface area contributed by atoms with Gasteiger partial charge in [-0.25, -0.2) is 9.97 Å². The number of primary amides is 1. The molecular formula is C65H96N16O17S. The zero-order valence-corrected chi connectivity index (χ0v) is 57.8. The van der Waals surface area contributed by atoms with E-state index >= 15 is 14.4 Å². The molecule has 33 nitrogen and oxygen atoms in total. The van der Waals surface area contributed by atoms with Crippen molar-refractivity contribution in [1.29, 1.82) is 0 Å². The quantitative estimate of drug-likeness (QED) is 0.0260. The van der Waals surface area contributed by atoms with E-state index in [1.807, 2.05) is 6.92 Å². The van der Waals surface area contributed by atoms with Gasteiger partial charge in [-0.1, -0.05) is 92.1 Å². The molecule has 0 bridgehead atoms. The molecule has 3 aromatic rings. The summed E-state index contributed by atoms with van der Waals surface area (Å²) in [5.41, 5.74) is 18.2. The Kier molecular flexibility index (Phi) is 33.4. The number of amides is 12. The summed E-state index contributed by atoms with van der Waals surface area (Å²) >= 11 is 0.924. The molecule has 99 heavy (non-hydrogen) atoms. The molecule has 544 valence electrons. The molecule has 2 aromatic heterocycles. The first-order valence-electron chi connectivity index (χ1n) is 33.1. The van der Waals surface area contributed by atoms with E-state index in [1.54, 1.807) is 71.9 Å². The SMILES string of the molecule is CC[C@H](C)C(=O)c1nc(C(=O)N[C@@H](CC(C)C)C(=O)N[C@H](CCC(=O)O)C(=O)N[C@H](C(=O)N2C(=O)[C@H](CC(N)=O)NC(=O)[C@@H](CC(=O)O)NC(=O)[C@H](Cc3cnc[nH]3)NC(=O)[C@@H](Cc3ccccc3)NC(=O)[C@H](C(C)C)NC(=O)[C@@H](CCCN)NC(=O)[C@@H]2CCCCN)[C@@H](C)CC)cs1. The molecular weight excluding hydrogens is 1310 g/mol. The van der Waals surface area contributed by atoms with E-state index in [-0.39, 0.29) is 86.1 Å². The number of imidazole rings is 1. The van der Waals surface area contributed by atoms with Crippen LogP contribution in [0.15, 0.2) is 48.2 Å². The summed E-state index contributed by atoms with van der Waals surface area (Å²) in [5, 5.41) is 44.2. The predicted octanol–water partition coefficient (Wildman–Crippen LogP) is -0.874. The number of aliphatic carboxylic acids is 2. The van der Waals surface area contributed by atoms with Crippen LogP contribution in [0.2, 0.25) is 0 Å². The van der Waals surface area contributed by atoms with Crippen molar-refractivity contribution < 1.29 is 82.1 Å². The number of unbranched alkanes of at least 4 members (excludes halogenated alkanes) is 1. The number of carbonyl (C=O) groups is 15. The topological polar surface area (TPSA) is 528 Å². The molecule has 4 rings (SSSR count). The van der Waals surface area contributed by atoms with E-state index < -0.39 is 200 Å². The van der Waals surface area contributed by atoms with E-state index in [2.05, 4.69) is 62.8 Å². The van der Waals surface area contributed by atoms with Gasteiger partial charge in [-0.05, 0) is 87.8 Å². The molecule has 12 amide bonds. The van der Waals surface area contributed by atoms with E-state index in [4.69, 9.17) is 17.2 Å². The van der Waals surface area contributed by atoms with Crippen LogP contribution in [-0.4, -0.2) is 192 Å². The number of ketones is 1. The van der Waals surface area contributed by atoms with Gasteiger partial charge in [0.25, 0.3) is 17.7 Å². The Bertz CT molecular complexity index is 3310. The van der Waals surface area contributed by atoms with Gasteiger partial charge in [0.2, 0.25) is 53.2 Å². The molecule has 1 fully saturated rings. The first-order chi connectivity index (χ1) is 46.8. The molecule has 18 N–H and O–H groups in total. The van der Waals surface area contributed by atoms with Crippen LogP contribution in [0, 0.1) is 23.7 Å². The van der Waals surface area contributed by atoms with Gasteiger partial charge in [-0.2, -0.15) is 0 Å². The minimum Gasteiger partial charge on any atom is -0.481 e. The molecule has 1 aromatic carbocycles. The zero-order valence-electron chi connectivity index (χ0n) is 57.0. The second kappa shape index (κ2) is 40.4. The number of Topliss-reactive ketones (excluding diaryl/α,β-unsaturated/α-hetero) is 1. The summed E-state index contributed by atoms with van der Waals surface area (Å²) in [6, 6.07) is -9.82. The van der Waals surface area contributed by atoms with Gasteiger partial charge >= 0.3 is 11.9 Å². The number of rotatable bonds is 33. The van der Waals surface area contributed by atoms with Crippen LogP contribution in [0.4, 0.5) is 0 Å². The Balaban J connectivity index is 1.98. The summed E-state index contributed by atoms with van der Waals surface area (Å²) in [5.74, 6) is -20.2. The second-order valence-corrected chi connectivity index (χ2v) is 26.1. The zero-order chi connectivity index (χ0) is 73.8. The number of hydrogen-bond acceptors (Lipinski definition) is 20. The highest BCUT2D eigenvalue weighted by atomic mass is 32.1. The fraction of sp³-hybridized carbons (Fsp3) is 0.585. The Morgan fingerprint density at radius 2 is 1.24 bits per heavy atom. The maximum absolute atomic E-state index is 16.0. The fourth-order valence-corrected chi connectivity index (χ4v) is 11.4. The van der Waals surface area contributed by atoms with Crippen LogP contribution in [0.1, 0.15) is 164 Å². The number of nitrogens with zero attached hydrogens (tertiary/aromatic N) is 3. The highest BCUT2D eigenvalue weighted by molar-refractivity contribution is 7.12. The maximum atomic E-state index is 16.0. The van der Waals surface area contributed by atoms with Crippen LogP contribution in [0.5, 0.6) is 0 Å². The average molecular weight is 1410 g/mol. The lowest BCUT2D eigenvalue weighted by atomic mass is 9.94. The van der Waals surface area contributed by atoms with E-state index in [0.717, 1.165) is 11.3 Å². The highest BCUT2D eigenvalue weighted by Crippen LogP contribution is 2.23. The second-order valence-electron chi connectivity index (χ2n) is 25.3. The monoisotopic (exact) mass is 1400 g/mol.